The second kappa shape index (κ2) is 5.19. The van der Waals surface area contributed by atoms with Crippen molar-refractivity contribution in [1.29, 1.82) is 0 Å². The summed E-state index contributed by atoms with van der Waals surface area (Å²) in [5, 5.41) is 8.86. The molecule has 1 N–H and O–H groups in total. The van der Waals surface area contributed by atoms with Crippen molar-refractivity contribution >= 4 is 5.97 Å². The summed E-state index contributed by atoms with van der Waals surface area (Å²) in [7, 11) is 1.62. The highest BCUT2D eigenvalue weighted by Crippen LogP contribution is 2.34. The van der Waals surface area contributed by atoms with Gasteiger partial charge >= 0.3 is 5.97 Å². The molecule has 1 aromatic rings. The second-order valence-electron chi connectivity index (χ2n) is 4.28. The van der Waals surface area contributed by atoms with E-state index in [0.717, 1.165) is 11.3 Å². The number of hydrogen-bond donors (Lipinski definition) is 1. The van der Waals surface area contributed by atoms with Gasteiger partial charge in [0.25, 0.3) is 0 Å². The number of aliphatic carboxylic acids is 1. The smallest absolute Gasteiger partial charge is 0.303 e. The van der Waals surface area contributed by atoms with Crippen molar-refractivity contribution in [3.63, 3.8) is 0 Å². The SMILES string of the molecule is COc1cccc(C2COCC2CC(=O)O)c1. The Hall–Kier alpha value is -1.55. The summed E-state index contributed by atoms with van der Waals surface area (Å²) in [6.07, 6.45) is 0.155. The van der Waals surface area contributed by atoms with Gasteiger partial charge in [-0.25, -0.2) is 0 Å². The maximum atomic E-state index is 10.8. The van der Waals surface area contributed by atoms with Crippen LogP contribution in [-0.2, 0) is 9.53 Å². The topological polar surface area (TPSA) is 55.8 Å². The number of benzene rings is 1. The van der Waals surface area contributed by atoms with Crippen molar-refractivity contribution in [2.75, 3.05) is 20.3 Å². The molecular weight excluding hydrogens is 220 g/mol. The lowest BCUT2D eigenvalue weighted by Crippen LogP contribution is -2.15. The van der Waals surface area contributed by atoms with E-state index in [9.17, 15) is 4.79 Å². The highest BCUT2D eigenvalue weighted by molar-refractivity contribution is 5.67. The molecule has 4 nitrogen and oxygen atoms in total. The molecule has 0 amide bonds. The van der Waals surface area contributed by atoms with E-state index in [4.69, 9.17) is 14.6 Å². The van der Waals surface area contributed by atoms with Gasteiger partial charge in [0.15, 0.2) is 0 Å². The highest BCUT2D eigenvalue weighted by Gasteiger charge is 2.31. The fraction of sp³-hybridized carbons (Fsp3) is 0.462. The molecule has 1 heterocycles. The van der Waals surface area contributed by atoms with Crippen LogP contribution in [0.2, 0.25) is 0 Å². The van der Waals surface area contributed by atoms with E-state index >= 15 is 0 Å². The molecule has 4 heteroatoms. The van der Waals surface area contributed by atoms with Gasteiger partial charge in [0, 0.05) is 11.8 Å². The lowest BCUT2D eigenvalue weighted by molar-refractivity contribution is -0.138. The van der Waals surface area contributed by atoms with Crippen LogP contribution in [-0.4, -0.2) is 31.4 Å². The summed E-state index contributed by atoms with van der Waals surface area (Å²) < 4.78 is 10.6. The minimum atomic E-state index is -0.770. The number of carboxylic acids is 1. The van der Waals surface area contributed by atoms with Gasteiger partial charge in [-0.15, -0.1) is 0 Å². The zero-order valence-corrected chi connectivity index (χ0v) is 9.76. The third-order valence-corrected chi connectivity index (χ3v) is 3.16. The molecule has 0 aromatic heterocycles. The fourth-order valence-corrected chi connectivity index (χ4v) is 2.26. The maximum Gasteiger partial charge on any atom is 0.303 e. The van der Waals surface area contributed by atoms with Crippen LogP contribution < -0.4 is 4.74 Å². The van der Waals surface area contributed by atoms with Crippen molar-refractivity contribution in [3.8, 4) is 5.75 Å². The van der Waals surface area contributed by atoms with Gasteiger partial charge in [-0.05, 0) is 17.7 Å². The maximum absolute atomic E-state index is 10.8. The van der Waals surface area contributed by atoms with E-state index in [1.165, 1.54) is 0 Å². The average molecular weight is 236 g/mol. The van der Waals surface area contributed by atoms with Crippen LogP contribution in [0.5, 0.6) is 5.75 Å². The first-order chi connectivity index (χ1) is 8.20. The molecule has 2 atom stereocenters. The second-order valence-corrected chi connectivity index (χ2v) is 4.28. The molecule has 1 aliphatic heterocycles. The van der Waals surface area contributed by atoms with Crippen LogP contribution in [0, 0.1) is 5.92 Å². The molecule has 0 bridgehead atoms. The Morgan fingerprint density at radius 1 is 1.53 bits per heavy atom. The largest absolute Gasteiger partial charge is 0.497 e. The van der Waals surface area contributed by atoms with Crippen molar-refractivity contribution in [1.82, 2.24) is 0 Å². The summed E-state index contributed by atoms with van der Waals surface area (Å²) in [5.74, 6) is 0.234. The minimum Gasteiger partial charge on any atom is -0.497 e. The number of carbonyl (C=O) groups is 1. The molecular formula is C13H16O4. The Morgan fingerprint density at radius 2 is 2.35 bits per heavy atom. The Balaban J connectivity index is 2.16. The normalized spacial score (nSPS) is 23.6. The van der Waals surface area contributed by atoms with Gasteiger partial charge in [0.1, 0.15) is 5.75 Å². The van der Waals surface area contributed by atoms with E-state index in [-0.39, 0.29) is 18.3 Å². The first kappa shape index (κ1) is 11.9. The Kier molecular flexibility index (Phi) is 3.64. The van der Waals surface area contributed by atoms with E-state index in [2.05, 4.69) is 0 Å². The van der Waals surface area contributed by atoms with E-state index in [0.29, 0.717) is 13.2 Å². The van der Waals surface area contributed by atoms with Gasteiger partial charge < -0.3 is 14.6 Å². The molecule has 0 spiro atoms. The third kappa shape index (κ3) is 2.77. The van der Waals surface area contributed by atoms with Gasteiger partial charge in [0.2, 0.25) is 0 Å². The summed E-state index contributed by atoms with van der Waals surface area (Å²) >= 11 is 0. The molecule has 1 saturated heterocycles. The lowest BCUT2D eigenvalue weighted by atomic mass is 9.87. The number of methoxy groups -OCH3 is 1. The van der Waals surface area contributed by atoms with Crippen LogP contribution in [0.4, 0.5) is 0 Å². The molecule has 17 heavy (non-hydrogen) atoms. The van der Waals surface area contributed by atoms with Crippen LogP contribution in [0.15, 0.2) is 24.3 Å². The number of ether oxygens (including phenoxy) is 2. The van der Waals surface area contributed by atoms with Crippen molar-refractivity contribution < 1.29 is 19.4 Å². The molecule has 0 radical (unpaired) electrons. The monoisotopic (exact) mass is 236 g/mol. The Morgan fingerprint density at radius 3 is 3.06 bits per heavy atom. The molecule has 1 aromatic carbocycles. The van der Waals surface area contributed by atoms with Crippen molar-refractivity contribution in [3.05, 3.63) is 29.8 Å². The molecule has 2 rings (SSSR count). The van der Waals surface area contributed by atoms with Gasteiger partial charge in [0.05, 0.1) is 26.7 Å². The van der Waals surface area contributed by atoms with Crippen LogP contribution in [0.25, 0.3) is 0 Å². The molecule has 1 aliphatic rings. The summed E-state index contributed by atoms with van der Waals surface area (Å²) in [5.41, 5.74) is 1.09. The predicted octanol–water partition coefficient (Wildman–Crippen LogP) is 1.90. The van der Waals surface area contributed by atoms with E-state index in [1.54, 1.807) is 7.11 Å². The lowest BCUT2D eigenvalue weighted by Gasteiger charge is -2.16. The van der Waals surface area contributed by atoms with E-state index < -0.39 is 5.97 Å². The van der Waals surface area contributed by atoms with Gasteiger partial charge in [-0.1, -0.05) is 12.1 Å². The first-order valence-electron chi connectivity index (χ1n) is 5.64. The predicted molar refractivity (Wildman–Crippen MR) is 62.3 cm³/mol. The van der Waals surface area contributed by atoms with Crippen LogP contribution in [0.1, 0.15) is 17.9 Å². The van der Waals surface area contributed by atoms with Gasteiger partial charge in [-0.2, -0.15) is 0 Å². The zero-order valence-electron chi connectivity index (χ0n) is 9.76. The Labute approximate surface area is 100 Å². The number of carboxylic acid groups (broad SMARTS) is 1. The minimum absolute atomic E-state index is 0.0552. The molecule has 0 aliphatic carbocycles. The first-order valence-corrected chi connectivity index (χ1v) is 5.64. The Bertz CT molecular complexity index is 402. The standard InChI is InChI=1S/C13H16O4/c1-16-11-4-2-3-9(5-11)12-8-17-7-10(12)6-13(14)15/h2-5,10,12H,6-8H2,1H3,(H,14,15). The van der Waals surface area contributed by atoms with Crippen LogP contribution in [0.3, 0.4) is 0 Å². The summed E-state index contributed by atoms with van der Waals surface area (Å²) in [4.78, 5) is 10.8. The molecule has 0 saturated carbocycles. The van der Waals surface area contributed by atoms with Crippen molar-refractivity contribution in [2.45, 2.75) is 12.3 Å². The molecule has 92 valence electrons. The number of rotatable bonds is 4. The fourth-order valence-electron chi connectivity index (χ4n) is 2.26. The third-order valence-electron chi connectivity index (χ3n) is 3.16. The number of hydrogen-bond acceptors (Lipinski definition) is 3. The molecule has 2 unspecified atom stereocenters. The summed E-state index contributed by atoms with van der Waals surface area (Å²) in [6.45, 7) is 1.11. The van der Waals surface area contributed by atoms with Crippen molar-refractivity contribution in [2.24, 2.45) is 5.92 Å². The molecule has 1 fully saturated rings. The summed E-state index contributed by atoms with van der Waals surface area (Å²) in [6, 6.07) is 7.75. The highest BCUT2D eigenvalue weighted by atomic mass is 16.5. The van der Waals surface area contributed by atoms with Gasteiger partial charge in [-0.3, -0.25) is 4.79 Å². The quantitative estimate of drug-likeness (QED) is 0.867. The average Bonchev–Trinajstić information content (AvgIpc) is 2.76. The van der Waals surface area contributed by atoms with E-state index in [1.807, 2.05) is 24.3 Å². The zero-order chi connectivity index (χ0) is 12.3. The van der Waals surface area contributed by atoms with Crippen LogP contribution >= 0.6 is 0 Å².